The zero-order valence-corrected chi connectivity index (χ0v) is 10.3. The van der Waals surface area contributed by atoms with Gasteiger partial charge < -0.3 is 10.6 Å². The Kier molecular flexibility index (Phi) is 3.82. The Hall–Kier alpha value is -1.32. The highest BCUT2D eigenvalue weighted by atomic mass is 16.2. The van der Waals surface area contributed by atoms with E-state index in [9.17, 15) is 9.59 Å². The lowest BCUT2D eigenvalue weighted by atomic mass is 10.1. The van der Waals surface area contributed by atoms with Crippen LogP contribution in [0.25, 0.3) is 0 Å². The third kappa shape index (κ3) is 3.58. The van der Waals surface area contributed by atoms with Crippen LogP contribution in [0.3, 0.4) is 0 Å². The van der Waals surface area contributed by atoms with Gasteiger partial charge in [-0.3, -0.25) is 9.59 Å². The lowest BCUT2D eigenvalue weighted by molar-refractivity contribution is -0.126. The van der Waals surface area contributed by atoms with Crippen LogP contribution in [0, 0.1) is 5.92 Å². The van der Waals surface area contributed by atoms with Crippen LogP contribution in [0.5, 0.6) is 0 Å². The van der Waals surface area contributed by atoms with Crippen LogP contribution in [0.2, 0.25) is 0 Å². The number of carbonyl (C=O) groups excluding carboxylic acids is 2. The normalized spacial score (nSPS) is 26.1. The Balaban J connectivity index is 1.88. The molecule has 2 amide bonds. The van der Waals surface area contributed by atoms with E-state index in [1.165, 1.54) is 12.8 Å². The van der Waals surface area contributed by atoms with Crippen LogP contribution in [0.4, 0.5) is 0 Å². The molecular weight excluding hydrogens is 216 g/mol. The van der Waals surface area contributed by atoms with Gasteiger partial charge in [0, 0.05) is 12.6 Å². The van der Waals surface area contributed by atoms with E-state index in [2.05, 4.69) is 10.6 Å². The van der Waals surface area contributed by atoms with Crippen molar-refractivity contribution < 1.29 is 9.59 Å². The van der Waals surface area contributed by atoms with Crippen molar-refractivity contribution in [3.63, 3.8) is 0 Å². The van der Waals surface area contributed by atoms with E-state index in [1.807, 2.05) is 6.92 Å². The summed E-state index contributed by atoms with van der Waals surface area (Å²) in [5, 5.41) is 5.61. The van der Waals surface area contributed by atoms with Gasteiger partial charge in [-0.1, -0.05) is 5.57 Å². The summed E-state index contributed by atoms with van der Waals surface area (Å²) in [7, 11) is 0. The van der Waals surface area contributed by atoms with E-state index in [-0.39, 0.29) is 17.9 Å². The van der Waals surface area contributed by atoms with Gasteiger partial charge >= 0.3 is 0 Å². The standard InChI is InChI=1S/C13H20N2O2/c1-9(10-5-6-10)8-12(16)15-11-4-2-3-7-14-13(11)17/h8,10-11H,2-7H2,1H3,(H,14,17)(H,15,16). The Morgan fingerprint density at radius 2 is 2.12 bits per heavy atom. The van der Waals surface area contributed by atoms with Crippen molar-refractivity contribution in [2.24, 2.45) is 5.92 Å². The number of nitrogens with one attached hydrogen (secondary N) is 2. The van der Waals surface area contributed by atoms with Crippen LogP contribution < -0.4 is 10.6 Å². The lowest BCUT2D eigenvalue weighted by Crippen LogP contribution is -2.45. The number of hydrogen-bond donors (Lipinski definition) is 2. The second kappa shape index (κ2) is 5.34. The predicted molar refractivity (Wildman–Crippen MR) is 65.3 cm³/mol. The largest absolute Gasteiger partial charge is 0.354 e. The summed E-state index contributed by atoms with van der Waals surface area (Å²) in [4.78, 5) is 23.4. The number of hydrogen-bond acceptors (Lipinski definition) is 2. The second-order valence-corrected chi connectivity index (χ2v) is 5.01. The van der Waals surface area contributed by atoms with Crippen molar-refractivity contribution in [1.82, 2.24) is 10.6 Å². The molecule has 0 bridgehead atoms. The summed E-state index contributed by atoms with van der Waals surface area (Å²) in [6.07, 6.45) is 6.76. The first-order valence-electron chi connectivity index (χ1n) is 6.43. The summed E-state index contributed by atoms with van der Waals surface area (Å²) in [6.45, 7) is 2.71. The summed E-state index contributed by atoms with van der Waals surface area (Å²) in [5.74, 6) is 0.425. The fraction of sp³-hybridized carbons (Fsp3) is 0.692. The maximum atomic E-state index is 11.7. The zero-order valence-electron chi connectivity index (χ0n) is 10.3. The molecule has 0 radical (unpaired) electrons. The summed E-state index contributed by atoms with van der Waals surface area (Å²) in [6, 6.07) is -0.353. The molecule has 1 unspecified atom stereocenters. The van der Waals surface area contributed by atoms with Crippen molar-refractivity contribution >= 4 is 11.8 Å². The average Bonchev–Trinajstić information content (AvgIpc) is 3.08. The van der Waals surface area contributed by atoms with Gasteiger partial charge in [-0.05, 0) is 44.9 Å². The van der Waals surface area contributed by atoms with Crippen LogP contribution in [-0.4, -0.2) is 24.4 Å². The van der Waals surface area contributed by atoms with Gasteiger partial charge in [0.05, 0.1) is 0 Å². The summed E-state index contributed by atoms with van der Waals surface area (Å²) >= 11 is 0. The first kappa shape index (κ1) is 12.1. The number of rotatable bonds is 3. The van der Waals surface area contributed by atoms with Crippen molar-refractivity contribution in [3.8, 4) is 0 Å². The van der Waals surface area contributed by atoms with Gasteiger partial charge in [0.2, 0.25) is 11.8 Å². The molecule has 2 N–H and O–H groups in total. The molecule has 17 heavy (non-hydrogen) atoms. The Bertz CT molecular complexity index is 345. The van der Waals surface area contributed by atoms with Crippen molar-refractivity contribution in [2.75, 3.05) is 6.54 Å². The second-order valence-electron chi connectivity index (χ2n) is 5.01. The van der Waals surface area contributed by atoms with E-state index < -0.39 is 0 Å². The molecule has 0 spiro atoms. The highest BCUT2D eigenvalue weighted by Crippen LogP contribution is 2.35. The minimum Gasteiger partial charge on any atom is -0.354 e. The van der Waals surface area contributed by atoms with Crippen molar-refractivity contribution in [2.45, 2.75) is 45.1 Å². The van der Waals surface area contributed by atoms with Crippen LogP contribution in [0.15, 0.2) is 11.6 Å². The third-order valence-electron chi connectivity index (χ3n) is 3.43. The van der Waals surface area contributed by atoms with E-state index in [0.717, 1.165) is 31.4 Å². The molecule has 1 heterocycles. The molecule has 0 aromatic rings. The van der Waals surface area contributed by atoms with Gasteiger partial charge in [0.25, 0.3) is 0 Å². The fourth-order valence-electron chi connectivity index (χ4n) is 2.15. The average molecular weight is 236 g/mol. The number of carbonyl (C=O) groups is 2. The lowest BCUT2D eigenvalue weighted by Gasteiger charge is -2.14. The van der Waals surface area contributed by atoms with Gasteiger partial charge in [-0.15, -0.1) is 0 Å². The minimum atomic E-state index is -0.353. The summed E-state index contributed by atoms with van der Waals surface area (Å²) < 4.78 is 0. The summed E-state index contributed by atoms with van der Waals surface area (Å²) in [5.41, 5.74) is 1.14. The number of allylic oxidation sites excluding steroid dienone is 1. The van der Waals surface area contributed by atoms with E-state index >= 15 is 0 Å². The Morgan fingerprint density at radius 3 is 2.82 bits per heavy atom. The highest BCUT2D eigenvalue weighted by molar-refractivity contribution is 5.93. The van der Waals surface area contributed by atoms with Crippen molar-refractivity contribution in [1.29, 1.82) is 0 Å². The van der Waals surface area contributed by atoms with Gasteiger partial charge in [0.15, 0.2) is 0 Å². The molecule has 4 heteroatoms. The van der Waals surface area contributed by atoms with Crippen molar-refractivity contribution in [3.05, 3.63) is 11.6 Å². The van der Waals surface area contributed by atoms with E-state index in [4.69, 9.17) is 0 Å². The molecule has 1 atom stereocenters. The van der Waals surface area contributed by atoms with Gasteiger partial charge in [-0.2, -0.15) is 0 Å². The predicted octanol–water partition coefficient (Wildman–Crippen LogP) is 1.13. The smallest absolute Gasteiger partial charge is 0.244 e. The first-order chi connectivity index (χ1) is 8.16. The number of amides is 2. The maximum absolute atomic E-state index is 11.7. The molecule has 1 saturated heterocycles. The van der Waals surface area contributed by atoms with Crippen LogP contribution in [0.1, 0.15) is 39.0 Å². The quantitative estimate of drug-likeness (QED) is 0.722. The first-order valence-corrected chi connectivity index (χ1v) is 6.43. The molecule has 2 fully saturated rings. The molecule has 0 aromatic carbocycles. The molecule has 1 aliphatic carbocycles. The van der Waals surface area contributed by atoms with Gasteiger partial charge in [-0.25, -0.2) is 0 Å². The molecular formula is C13H20N2O2. The van der Waals surface area contributed by atoms with Gasteiger partial charge in [0.1, 0.15) is 6.04 Å². The molecule has 0 aromatic heterocycles. The molecule has 94 valence electrons. The Labute approximate surface area is 102 Å². The minimum absolute atomic E-state index is 0.0478. The monoisotopic (exact) mass is 236 g/mol. The highest BCUT2D eigenvalue weighted by Gasteiger charge is 2.25. The molecule has 1 saturated carbocycles. The van der Waals surface area contributed by atoms with Crippen LogP contribution >= 0.6 is 0 Å². The molecule has 2 aliphatic rings. The van der Waals surface area contributed by atoms with E-state index in [0.29, 0.717) is 5.92 Å². The maximum Gasteiger partial charge on any atom is 0.244 e. The topological polar surface area (TPSA) is 58.2 Å². The SMILES string of the molecule is CC(=CC(=O)NC1CCCCNC1=O)C1CC1. The van der Waals surface area contributed by atoms with E-state index in [1.54, 1.807) is 6.08 Å². The fourth-order valence-corrected chi connectivity index (χ4v) is 2.15. The third-order valence-corrected chi connectivity index (χ3v) is 3.43. The van der Waals surface area contributed by atoms with Crippen LogP contribution in [-0.2, 0) is 9.59 Å². The zero-order chi connectivity index (χ0) is 12.3. The molecule has 4 nitrogen and oxygen atoms in total. The Morgan fingerprint density at radius 1 is 1.35 bits per heavy atom. The molecule has 2 rings (SSSR count). The molecule has 1 aliphatic heterocycles.